The van der Waals surface area contributed by atoms with E-state index >= 15 is 0 Å². The second-order valence-electron chi connectivity index (χ2n) is 7.49. The van der Waals surface area contributed by atoms with Gasteiger partial charge in [0.2, 0.25) is 21.8 Å². The lowest BCUT2D eigenvalue weighted by Gasteiger charge is -2.29. The summed E-state index contributed by atoms with van der Waals surface area (Å²) in [5.74, 6) is -0.437. The maximum atomic E-state index is 13.1. The number of carbonyl (C=O) groups is 2. The number of anilines is 1. The third-order valence-electron chi connectivity index (χ3n) is 4.98. The highest BCUT2D eigenvalue weighted by Crippen LogP contribution is 2.21. The minimum Gasteiger partial charge on any atom is -0.355 e. The first-order valence-corrected chi connectivity index (χ1v) is 12.7. The van der Waals surface area contributed by atoms with Crippen LogP contribution in [0.5, 0.6) is 0 Å². The van der Waals surface area contributed by atoms with Crippen LogP contribution in [0, 0.1) is 0 Å². The van der Waals surface area contributed by atoms with Gasteiger partial charge in [-0.15, -0.1) is 0 Å². The molecule has 32 heavy (non-hydrogen) atoms. The number of nitrogens with zero attached hydrogens (tertiary/aromatic N) is 2. The van der Waals surface area contributed by atoms with Crippen LogP contribution >= 0.6 is 11.6 Å². The number of hydrogen-bond donors (Lipinski definition) is 1. The minimum absolute atomic E-state index is 0.107. The van der Waals surface area contributed by atoms with E-state index in [9.17, 15) is 18.0 Å². The van der Waals surface area contributed by atoms with E-state index in [4.69, 9.17) is 11.6 Å². The Morgan fingerprint density at radius 3 is 2.25 bits per heavy atom. The summed E-state index contributed by atoms with van der Waals surface area (Å²) in [6.07, 6.45) is 1.54. The van der Waals surface area contributed by atoms with Gasteiger partial charge in [0.1, 0.15) is 6.04 Å². The fraction of sp³-hybridized carbons (Fsp3) is 0.391. The summed E-state index contributed by atoms with van der Waals surface area (Å²) in [7, 11) is -3.53. The molecule has 1 N–H and O–H groups in total. The topological polar surface area (TPSA) is 86.8 Å². The zero-order valence-corrected chi connectivity index (χ0v) is 20.2. The number of carbonyl (C=O) groups excluding carboxylic acids is 2. The minimum atomic E-state index is -3.53. The van der Waals surface area contributed by atoms with E-state index < -0.39 is 16.1 Å². The SMILES string of the molecule is CCNC(=O)[C@@H](C)N(Cc1ccccc1)C(=O)CCCN(c1ccc(Cl)cc1)S(C)(=O)=O. The lowest BCUT2D eigenvalue weighted by atomic mass is 10.1. The van der Waals surface area contributed by atoms with Gasteiger partial charge in [-0.1, -0.05) is 41.9 Å². The number of amides is 2. The third-order valence-corrected chi connectivity index (χ3v) is 6.43. The standard InChI is InChI=1S/C23H30ClN3O4S/c1-4-25-23(29)18(2)26(17-19-9-6-5-7-10-19)22(28)11-8-16-27(32(3,30)31)21-14-12-20(24)13-15-21/h5-7,9-10,12-15,18H,4,8,11,16-17H2,1-3H3,(H,25,29)/t18-/m1/s1. The van der Waals surface area contributed by atoms with Gasteiger partial charge in [-0.05, 0) is 50.1 Å². The van der Waals surface area contributed by atoms with E-state index in [0.29, 0.717) is 30.2 Å². The van der Waals surface area contributed by atoms with Crippen molar-refractivity contribution in [3.8, 4) is 0 Å². The molecule has 0 bridgehead atoms. The Bertz CT molecular complexity index is 998. The lowest BCUT2D eigenvalue weighted by molar-refractivity contribution is -0.140. The zero-order valence-electron chi connectivity index (χ0n) is 18.6. The average molecular weight is 480 g/mol. The molecule has 0 heterocycles. The number of benzene rings is 2. The van der Waals surface area contributed by atoms with Crippen LogP contribution in [0.15, 0.2) is 54.6 Å². The second kappa shape index (κ2) is 11.9. The van der Waals surface area contributed by atoms with E-state index in [-0.39, 0.29) is 24.8 Å². The molecule has 0 radical (unpaired) electrons. The Balaban J connectivity index is 2.11. The van der Waals surface area contributed by atoms with Gasteiger partial charge in [0, 0.05) is 31.1 Å². The van der Waals surface area contributed by atoms with Gasteiger partial charge in [-0.25, -0.2) is 8.42 Å². The smallest absolute Gasteiger partial charge is 0.242 e. The van der Waals surface area contributed by atoms with E-state index in [0.717, 1.165) is 11.8 Å². The van der Waals surface area contributed by atoms with Crippen LogP contribution in [-0.2, 0) is 26.2 Å². The quantitative estimate of drug-likeness (QED) is 0.534. The van der Waals surface area contributed by atoms with E-state index in [1.54, 1.807) is 31.2 Å². The Hall–Kier alpha value is -2.58. The molecule has 2 rings (SSSR count). The van der Waals surface area contributed by atoms with Crippen molar-refractivity contribution in [2.24, 2.45) is 0 Å². The van der Waals surface area contributed by atoms with Crippen molar-refractivity contribution in [1.29, 1.82) is 0 Å². The summed E-state index contributed by atoms with van der Waals surface area (Å²) in [6.45, 7) is 4.43. The van der Waals surface area contributed by atoms with Crippen molar-refractivity contribution in [1.82, 2.24) is 10.2 Å². The first-order valence-electron chi connectivity index (χ1n) is 10.5. The molecule has 0 aliphatic heterocycles. The molecule has 174 valence electrons. The Morgan fingerprint density at radius 1 is 1.06 bits per heavy atom. The largest absolute Gasteiger partial charge is 0.355 e. The van der Waals surface area contributed by atoms with Crippen molar-refractivity contribution < 1.29 is 18.0 Å². The molecule has 9 heteroatoms. The Kier molecular flexibility index (Phi) is 9.53. The van der Waals surface area contributed by atoms with Crippen LogP contribution in [0.1, 0.15) is 32.3 Å². The number of hydrogen-bond acceptors (Lipinski definition) is 4. The number of sulfonamides is 1. The van der Waals surface area contributed by atoms with Crippen LogP contribution in [0.3, 0.4) is 0 Å². The predicted octanol–water partition coefficient (Wildman–Crippen LogP) is 3.44. The van der Waals surface area contributed by atoms with Crippen molar-refractivity contribution >= 4 is 39.1 Å². The molecule has 0 spiro atoms. The molecule has 0 aromatic heterocycles. The highest BCUT2D eigenvalue weighted by atomic mass is 35.5. The van der Waals surface area contributed by atoms with Crippen molar-refractivity contribution in [3.63, 3.8) is 0 Å². The molecule has 0 aliphatic rings. The summed E-state index contributed by atoms with van der Waals surface area (Å²) in [5, 5.41) is 3.26. The van der Waals surface area contributed by atoms with Gasteiger partial charge >= 0.3 is 0 Å². The molecule has 2 aromatic rings. The van der Waals surface area contributed by atoms with Crippen LogP contribution < -0.4 is 9.62 Å². The molecule has 0 aliphatic carbocycles. The van der Waals surface area contributed by atoms with Gasteiger partial charge in [-0.3, -0.25) is 13.9 Å². The molecule has 7 nitrogen and oxygen atoms in total. The monoisotopic (exact) mass is 479 g/mol. The summed E-state index contributed by atoms with van der Waals surface area (Å²) >= 11 is 5.90. The van der Waals surface area contributed by atoms with Gasteiger partial charge in [0.25, 0.3) is 0 Å². The molecule has 0 saturated heterocycles. The highest BCUT2D eigenvalue weighted by Gasteiger charge is 2.26. The van der Waals surface area contributed by atoms with Crippen LogP contribution in [-0.4, -0.2) is 50.5 Å². The van der Waals surface area contributed by atoms with Gasteiger partial charge in [-0.2, -0.15) is 0 Å². The Morgan fingerprint density at radius 2 is 1.69 bits per heavy atom. The normalized spacial score (nSPS) is 12.1. The summed E-state index contributed by atoms with van der Waals surface area (Å²) < 4.78 is 25.8. The second-order valence-corrected chi connectivity index (χ2v) is 9.84. The van der Waals surface area contributed by atoms with Crippen molar-refractivity contribution in [2.45, 2.75) is 39.3 Å². The van der Waals surface area contributed by atoms with E-state index in [1.165, 1.54) is 9.21 Å². The summed E-state index contributed by atoms with van der Waals surface area (Å²) in [6, 6.07) is 15.3. The molecular formula is C23H30ClN3O4S. The molecule has 0 fully saturated rings. The first-order chi connectivity index (χ1) is 15.1. The lowest BCUT2D eigenvalue weighted by Crippen LogP contribution is -2.47. The molecule has 0 unspecified atom stereocenters. The fourth-order valence-corrected chi connectivity index (χ4v) is 4.39. The molecule has 2 amide bonds. The third kappa shape index (κ3) is 7.53. The fourth-order valence-electron chi connectivity index (χ4n) is 3.30. The van der Waals surface area contributed by atoms with Gasteiger partial charge in [0.15, 0.2) is 0 Å². The van der Waals surface area contributed by atoms with Gasteiger partial charge in [0.05, 0.1) is 11.9 Å². The predicted molar refractivity (Wildman–Crippen MR) is 128 cm³/mol. The number of rotatable bonds is 11. The number of halogens is 1. The van der Waals surface area contributed by atoms with E-state index in [1.807, 2.05) is 37.3 Å². The van der Waals surface area contributed by atoms with Crippen LogP contribution in [0.4, 0.5) is 5.69 Å². The number of nitrogens with one attached hydrogen (secondary N) is 1. The maximum absolute atomic E-state index is 13.1. The molecular weight excluding hydrogens is 450 g/mol. The average Bonchev–Trinajstić information content (AvgIpc) is 2.75. The first kappa shape index (κ1) is 25.7. The number of likely N-dealkylation sites (N-methyl/N-ethyl adjacent to an activating group) is 1. The highest BCUT2D eigenvalue weighted by molar-refractivity contribution is 7.92. The zero-order chi connectivity index (χ0) is 23.7. The van der Waals surface area contributed by atoms with Crippen LogP contribution in [0.2, 0.25) is 5.02 Å². The van der Waals surface area contributed by atoms with Crippen molar-refractivity contribution in [2.75, 3.05) is 23.7 Å². The molecule has 0 saturated carbocycles. The van der Waals surface area contributed by atoms with Crippen molar-refractivity contribution in [3.05, 3.63) is 65.2 Å². The Labute approximate surface area is 195 Å². The van der Waals surface area contributed by atoms with E-state index in [2.05, 4.69) is 5.32 Å². The summed E-state index contributed by atoms with van der Waals surface area (Å²) in [4.78, 5) is 27.0. The summed E-state index contributed by atoms with van der Waals surface area (Å²) in [5.41, 5.74) is 1.40. The molecule has 2 aromatic carbocycles. The molecule has 1 atom stereocenters. The van der Waals surface area contributed by atoms with Crippen LogP contribution in [0.25, 0.3) is 0 Å². The van der Waals surface area contributed by atoms with Gasteiger partial charge < -0.3 is 10.2 Å². The maximum Gasteiger partial charge on any atom is 0.242 e.